The van der Waals surface area contributed by atoms with E-state index in [-0.39, 0.29) is 11.6 Å². The number of aromatic nitrogens is 3. The van der Waals surface area contributed by atoms with Crippen molar-refractivity contribution in [2.24, 2.45) is 0 Å². The minimum Gasteiger partial charge on any atom is -0.360 e. The fourth-order valence-corrected chi connectivity index (χ4v) is 2.22. The lowest BCUT2D eigenvalue weighted by Gasteiger charge is -2.08. The van der Waals surface area contributed by atoms with Crippen molar-refractivity contribution in [2.75, 3.05) is 10.6 Å². The minimum atomic E-state index is -0.439. The van der Waals surface area contributed by atoms with E-state index in [2.05, 4.69) is 25.8 Å². The van der Waals surface area contributed by atoms with Gasteiger partial charge in [-0.1, -0.05) is 34.4 Å². The summed E-state index contributed by atoms with van der Waals surface area (Å²) in [4.78, 5) is 20.4. The maximum Gasteiger partial charge on any atom is 0.275 e. The third kappa shape index (κ3) is 3.64. The van der Waals surface area contributed by atoms with Gasteiger partial charge in [-0.3, -0.25) is 4.79 Å². The number of rotatable bonds is 4. The monoisotopic (exact) mass is 363 g/mol. The molecule has 0 atom stereocenters. The Morgan fingerprint density at radius 2 is 2.08 bits per heavy atom. The van der Waals surface area contributed by atoms with E-state index < -0.39 is 5.91 Å². The first kappa shape index (κ1) is 16.2. The Labute approximate surface area is 147 Å². The second-order valence-corrected chi connectivity index (χ2v) is 5.55. The first-order valence-electron chi connectivity index (χ1n) is 6.81. The van der Waals surface area contributed by atoms with E-state index >= 15 is 0 Å². The van der Waals surface area contributed by atoms with Crippen LogP contribution in [-0.2, 0) is 0 Å². The molecule has 9 heteroatoms. The maximum absolute atomic E-state index is 12.2. The lowest BCUT2D eigenvalue weighted by molar-refractivity contribution is 0.102. The highest BCUT2D eigenvalue weighted by Gasteiger charge is 2.12. The molecule has 7 nitrogen and oxygen atoms in total. The number of halogens is 2. The van der Waals surface area contributed by atoms with E-state index in [1.807, 2.05) is 0 Å². The molecular formula is C15H11Cl2N5O2. The standard InChI is InChI=1S/C15H11Cl2N5O2/c1-8-7-12(22-24-8)21-14(23)11-5-6-18-15(20-11)19-10-4-2-3-9(16)13(10)17/h2-7H,1H3,(H,18,19,20)(H,21,22,23). The van der Waals surface area contributed by atoms with E-state index in [1.165, 1.54) is 12.3 Å². The van der Waals surface area contributed by atoms with Gasteiger partial charge in [0.15, 0.2) is 5.82 Å². The van der Waals surface area contributed by atoms with Gasteiger partial charge in [-0.05, 0) is 25.1 Å². The molecule has 0 bridgehead atoms. The Balaban J connectivity index is 1.78. The summed E-state index contributed by atoms with van der Waals surface area (Å²) < 4.78 is 4.89. The topological polar surface area (TPSA) is 92.9 Å². The molecule has 0 unspecified atom stereocenters. The van der Waals surface area contributed by atoms with E-state index in [9.17, 15) is 4.79 Å². The largest absolute Gasteiger partial charge is 0.360 e. The summed E-state index contributed by atoms with van der Waals surface area (Å²) >= 11 is 12.1. The number of hydrogen-bond acceptors (Lipinski definition) is 6. The van der Waals surface area contributed by atoms with Crippen molar-refractivity contribution in [1.82, 2.24) is 15.1 Å². The van der Waals surface area contributed by atoms with Gasteiger partial charge < -0.3 is 15.2 Å². The van der Waals surface area contributed by atoms with E-state index in [1.54, 1.807) is 31.2 Å². The number of hydrogen-bond donors (Lipinski definition) is 2. The number of aryl methyl sites for hydroxylation is 1. The lowest BCUT2D eigenvalue weighted by Crippen LogP contribution is -2.15. The van der Waals surface area contributed by atoms with Crippen LogP contribution in [0.1, 0.15) is 16.2 Å². The number of carbonyl (C=O) groups excluding carboxylic acids is 1. The zero-order valence-corrected chi connectivity index (χ0v) is 13.9. The van der Waals surface area contributed by atoms with E-state index in [0.29, 0.717) is 27.3 Å². The Kier molecular flexibility index (Phi) is 4.64. The molecule has 0 aliphatic carbocycles. The summed E-state index contributed by atoms with van der Waals surface area (Å²) in [6.07, 6.45) is 1.46. The van der Waals surface area contributed by atoms with Crippen molar-refractivity contribution in [3.8, 4) is 0 Å². The normalized spacial score (nSPS) is 10.5. The highest BCUT2D eigenvalue weighted by atomic mass is 35.5. The van der Waals surface area contributed by atoms with Gasteiger partial charge in [0.25, 0.3) is 5.91 Å². The average molecular weight is 364 g/mol. The Morgan fingerprint density at radius 1 is 1.25 bits per heavy atom. The van der Waals surface area contributed by atoms with Crippen molar-refractivity contribution in [1.29, 1.82) is 0 Å². The molecule has 2 aromatic heterocycles. The number of nitrogens with one attached hydrogen (secondary N) is 2. The Hall–Kier alpha value is -2.64. The van der Waals surface area contributed by atoms with Gasteiger partial charge in [0.05, 0.1) is 15.7 Å². The molecule has 0 saturated carbocycles. The maximum atomic E-state index is 12.2. The predicted octanol–water partition coefficient (Wildman–Crippen LogP) is 4.08. The van der Waals surface area contributed by atoms with E-state index in [4.69, 9.17) is 27.7 Å². The summed E-state index contributed by atoms with van der Waals surface area (Å²) in [5.74, 6) is 0.670. The number of nitrogens with zero attached hydrogens (tertiary/aromatic N) is 3. The third-order valence-corrected chi connectivity index (χ3v) is 3.77. The van der Waals surface area contributed by atoms with Crippen LogP contribution in [0, 0.1) is 6.92 Å². The van der Waals surface area contributed by atoms with Crippen molar-refractivity contribution >= 4 is 46.6 Å². The molecule has 1 amide bonds. The van der Waals surface area contributed by atoms with Crippen LogP contribution in [0.2, 0.25) is 10.0 Å². The smallest absolute Gasteiger partial charge is 0.275 e. The summed E-state index contributed by atoms with van der Waals surface area (Å²) in [7, 11) is 0. The SMILES string of the molecule is Cc1cc(NC(=O)c2ccnc(Nc3cccc(Cl)c3Cl)n2)no1. The Bertz CT molecular complexity index is 897. The fourth-order valence-electron chi connectivity index (χ4n) is 1.87. The van der Waals surface area contributed by atoms with Crippen LogP contribution in [0.3, 0.4) is 0 Å². The van der Waals surface area contributed by atoms with Crippen LogP contribution in [0.15, 0.2) is 41.1 Å². The molecular weight excluding hydrogens is 353 g/mol. The van der Waals surface area contributed by atoms with Crippen molar-refractivity contribution in [3.05, 3.63) is 58.0 Å². The second-order valence-electron chi connectivity index (χ2n) is 4.77. The zero-order valence-electron chi connectivity index (χ0n) is 12.4. The third-order valence-electron chi connectivity index (χ3n) is 2.96. The molecule has 3 rings (SSSR count). The fraction of sp³-hybridized carbons (Fsp3) is 0.0667. The minimum absolute atomic E-state index is 0.159. The van der Waals surface area contributed by atoms with Crippen molar-refractivity contribution < 1.29 is 9.32 Å². The zero-order chi connectivity index (χ0) is 17.1. The van der Waals surface area contributed by atoms with Crippen LogP contribution in [0.25, 0.3) is 0 Å². The highest BCUT2D eigenvalue weighted by molar-refractivity contribution is 6.43. The van der Waals surface area contributed by atoms with Gasteiger partial charge in [0, 0.05) is 12.3 Å². The van der Waals surface area contributed by atoms with Gasteiger partial charge in [-0.15, -0.1) is 0 Å². The van der Waals surface area contributed by atoms with Gasteiger partial charge >= 0.3 is 0 Å². The molecule has 3 aromatic rings. The average Bonchev–Trinajstić information content (AvgIpc) is 2.97. The summed E-state index contributed by atoms with van der Waals surface area (Å²) in [5.41, 5.74) is 0.695. The molecule has 24 heavy (non-hydrogen) atoms. The molecule has 0 spiro atoms. The lowest BCUT2D eigenvalue weighted by atomic mass is 10.3. The number of carbonyl (C=O) groups is 1. The van der Waals surface area contributed by atoms with Crippen LogP contribution in [-0.4, -0.2) is 21.0 Å². The molecule has 0 aliphatic heterocycles. The van der Waals surface area contributed by atoms with Crippen molar-refractivity contribution in [3.63, 3.8) is 0 Å². The molecule has 122 valence electrons. The molecule has 1 aromatic carbocycles. The first-order chi connectivity index (χ1) is 11.5. The number of anilines is 3. The molecule has 2 N–H and O–H groups in total. The summed E-state index contributed by atoms with van der Waals surface area (Å²) in [6.45, 7) is 1.73. The van der Waals surface area contributed by atoms with Crippen molar-refractivity contribution in [2.45, 2.75) is 6.92 Å². The van der Waals surface area contributed by atoms with E-state index in [0.717, 1.165) is 0 Å². The van der Waals surface area contributed by atoms with Gasteiger partial charge in [-0.2, -0.15) is 0 Å². The quantitative estimate of drug-likeness (QED) is 0.725. The molecule has 2 heterocycles. The van der Waals surface area contributed by atoms with Gasteiger partial charge in [-0.25, -0.2) is 9.97 Å². The molecule has 0 radical (unpaired) electrons. The molecule has 0 aliphatic rings. The van der Waals surface area contributed by atoms with Crippen LogP contribution >= 0.6 is 23.2 Å². The molecule has 0 saturated heterocycles. The first-order valence-corrected chi connectivity index (χ1v) is 7.57. The highest BCUT2D eigenvalue weighted by Crippen LogP contribution is 2.30. The van der Waals surface area contributed by atoms with Crippen LogP contribution < -0.4 is 10.6 Å². The van der Waals surface area contributed by atoms with Crippen LogP contribution in [0.5, 0.6) is 0 Å². The van der Waals surface area contributed by atoms with Gasteiger partial charge in [0.1, 0.15) is 11.5 Å². The van der Waals surface area contributed by atoms with Gasteiger partial charge in [0.2, 0.25) is 5.95 Å². The summed E-state index contributed by atoms with van der Waals surface area (Å²) in [5, 5.41) is 9.94. The molecule has 0 fully saturated rings. The second kappa shape index (κ2) is 6.86. The van der Waals surface area contributed by atoms with Crippen LogP contribution in [0.4, 0.5) is 17.5 Å². The number of benzene rings is 1. The predicted molar refractivity (Wildman–Crippen MR) is 91.0 cm³/mol. The summed E-state index contributed by atoms with van der Waals surface area (Å²) in [6, 6.07) is 8.21. The number of amides is 1. The Morgan fingerprint density at radius 3 is 2.83 bits per heavy atom.